The molecule has 0 unspecified atom stereocenters. The van der Waals surface area contributed by atoms with Gasteiger partial charge in [0.15, 0.2) is 0 Å². The second-order valence-electron chi connectivity index (χ2n) is 9.72. The van der Waals surface area contributed by atoms with Crippen LogP contribution in [0.15, 0.2) is 67.3 Å². The van der Waals surface area contributed by atoms with E-state index in [2.05, 4.69) is 9.88 Å². The molecule has 2 saturated heterocycles. The topological polar surface area (TPSA) is 71.0 Å². The SMILES string of the molecule is Cc1nc(N2C[C@H]3CN(C(=O)c4c(-c5ncccc5F)cn5ccccc45)C[C@H]3C2)nn2cccc12. The molecule has 5 aromatic rings. The summed E-state index contributed by atoms with van der Waals surface area (Å²) in [6.07, 6.45) is 7.16. The number of halogens is 1. The highest BCUT2D eigenvalue weighted by molar-refractivity contribution is 6.07. The summed E-state index contributed by atoms with van der Waals surface area (Å²) in [5.74, 6) is 0.885. The first-order valence-corrected chi connectivity index (χ1v) is 12.1. The molecule has 0 aliphatic carbocycles. The van der Waals surface area contributed by atoms with Crippen molar-refractivity contribution in [2.75, 3.05) is 31.1 Å². The van der Waals surface area contributed by atoms with Crippen molar-refractivity contribution in [2.24, 2.45) is 11.8 Å². The Balaban J connectivity index is 1.17. The third-order valence-electron chi connectivity index (χ3n) is 7.53. The van der Waals surface area contributed by atoms with Crippen molar-refractivity contribution in [3.63, 3.8) is 0 Å². The average Bonchev–Trinajstić information content (AvgIpc) is 3.65. The summed E-state index contributed by atoms with van der Waals surface area (Å²) in [4.78, 5) is 27.0. The molecule has 0 bridgehead atoms. The number of pyridine rings is 2. The van der Waals surface area contributed by atoms with Gasteiger partial charge in [0, 0.05) is 68.4 Å². The molecule has 2 fully saturated rings. The third kappa shape index (κ3) is 3.19. The van der Waals surface area contributed by atoms with Gasteiger partial charge in [0.25, 0.3) is 5.91 Å². The van der Waals surface area contributed by atoms with Crippen LogP contribution in [0.1, 0.15) is 16.1 Å². The van der Waals surface area contributed by atoms with Gasteiger partial charge >= 0.3 is 0 Å². The highest BCUT2D eigenvalue weighted by atomic mass is 19.1. The zero-order chi connectivity index (χ0) is 24.4. The van der Waals surface area contributed by atoms with Crippen LogP contribution < -0.4 is 4.90 Å². The fraction of sp³-hybridized carbons (Fsp3) is 0.259. The first-order valence-electron chi connectivity index (χ1n) is 12.1. The molecular formula is C27H24FN7O. The van der Waals surface area contributed by atoms with Gasteiger partial charge in [0.1, 0.15) is 11.5 Å². The molecule has 9 heteroatoms. The molecule has 5 aromatic heterocycles. The lowest BCUT2D eigenvalue weighted by Gasteiger charge is -2.22. The second kappa shape index (κ2) is 7.87. The molecule has 0 spiro atoms. The van der Waals surface area contributed by atoms with Crippen LogP contribution in [0.3, 0.4) is 0 Å². The Bertz CT molecular complexity index is 1630. The van der Waals surface area contributed by atoms with Crippen LogP contribution >= 0.6 is 0 Å². The predicted octanol–water partition coefficient (Wildman–Crippen LogP) is 3.70. The van der Waals surface area contributed by atoms with E-state index in [0.717, 1.165) is 35.8 Å². The van der Waals surface area contributed by atoms with Crippen molar-refractivity contribution in [3.8, 4) is 11.3 Å². The molecule has 0 radical (unpaired) electrons. The van der Waals surface area contributed by atoms with Crippen LogP contribution in [0.25, 0.3) is 22.3 Å². The monoisotopic (exact) mass is 481 g/mol. The molecule has 2 aliphatic heterocycles. The van der Waals surface area contributed by atoms with E-state index < -0.39 is 5.82 Å². The maximum Gasteiger partial charge on any atom is 0.256 e. The molecule has 0 N–H and O–H groups in total. The zero-order valence-electron chi connectivity index (χ0n) is 19.8. The molecular weight excluding hydrogens is 457 g/mol. The number of anilines is 1. The number of aryl methyl sites for hydroxylation is 1. The number of likely N-dealkylation sites (tertiary alicyclic amines) is 1. The highest BCUT2D eigenvalue weighted by Gasteiger charge is 2.43. The van der Waals surface area contributed by atoms with E-state index in [9.17, 15) is 9.18 Å². The van der Waals surface area contributed by atoms with Gasteiger partial charge in [-0.2, -0.15) is 0 Å². The molecule has 36 heavy (non-hydrogen) atoms. The van der Waals surface area contributed by atoms with Crippen LogP contribution in [-0.2, 0) is 0 Å². The largest absolute Gasteiger partial charge is 0.339 e. The van der Waals surface area contributed by atoms with Gasteiger partial charge in [0.2, 0.25) is 5.95 Å². The Hall–Kier alpha value is -4.27. The van der Waals surface area contributed by atoms with Crippen LogP contribution in [0, 0.1) is 24.6 Å². The smallest absolute Gasteiger partial charge is 0.256 e. The normalized spacial score (nSPS) is 19.5. The number of carbonyl (C=O) groups excluding carboxylic acids is 1. The van der Waals surface area contributed by atoms with Gasteiger partial charge in [-0.15, -0.1) is 5.10 Å². The Labute approximate surface area is 206 Å². The molecule has 0 aromatic carbocycles. The van der Waals surface area contributed by atoms with Crippen molar-refractivity contribution >= 4 is 22.9 Å². The minimum atomic E-state index is -0.439. The predicted molar refractivity (Wildman–Crippen MR) is 133 cm³/mol. The van der Waals surface area contributed by atoms with Crippen molar-refractivity contribution in [1.29, 1.82) is 0 Å². The number of rotatable bonds is 3. The minimum Gasteiger partial charge on any atom is -0.339 e. The van der Waals surface area contributed by atoms with Gasteiger partial charge < -0.3 is 14.2 Å². The van der Waals surface area contributed by atoms with Crippen molar-refractivity contribution in [3.05, 3.63) is 84.3 Å². The molecule has 7 rings (SSSR count). The number of aromatic nitrogens is 5. The Morgan fingerprint density at radius 3 is 2.58 bits per heavy atom. The van der Waals surface area contributed by atoms with Crippen LogP contribution in [0.5, 0.6) is 0 Å². The first kappa shape index (κ1) is 21.0. The first-order chi connectivity index (χ1) is 17.6. The molecule has 2 aliphatic rings. The summed E-state index contributed by atoms with van der Waals surface area (Å²) in [6, 6.07) is 12.6. The van der Waals surface area contributed by atoms with E-state index in [1.807, 2.05) is 63.5 Å². The Kier molecular flexibility index (Phi) is 4.60. The van der Waals surface area contributed by atoms with E-state index in [4.69, 9.17) is 10.1 Å². The fourth-order valence-electron chi connectivity index (χ4n) is 5.80. The minimum absolute atomic E-state index is 0.0782. The van der Waals surface area contributed by atoms with Crippen LogP contribution in [0.4, 0.5) is 10.3 Å². The summed E-state index contributed by atoms with van der Waals surface area (Å²) < 4.78 is 18.4. The van der Waals surface area contributed by atoms with E-state index in [1.54, 1.807) is 18.5 Å². The van der Waals surface area contributed by atoms with E-state index in [1.165, 1.54) is 6.07 Å². The molecule has 7 heterocycles. The Morgan fingerprint density at radius 2 is 1.78 bits per heavy atom. The average molecular weight is 482 g/mol. The number of fused-ring (bicyclic) bond motifs is 3. The van der Waals surface area contributed by atoms with E-state index in [0.29, 0.717) is 36.1 Å². The maximum atomic E-state index is 14.7. The van der Waals surface area contributed by atoms with Gasteiger partial charge in [0.05, 0.1) is 22.3 Å². The number of amides is 1. The number of hydrogen-bond acceptors (Lipinski definition) is 5. The quantitative estimate of drug-likeness (QED) is 0.393. The summed E-state index contributed by atoms with van der Waals surface area (Å²) in [7, 11) is 0. The number of hydrogen-bond donors (Lipinski definition) is 0. The zero-order valence-corrected chi connectivity index (χ0v) is 19.8. The standard InChI is InChI=1S/C27H24FN7O/c1-17-22-8-5-11-35(22)31-27(30-17)34-14-18-12-33(13-19(18)15-34)26(36)24-20(25-21(28)6-4-9-29-25)16-32-10-3-2-7-23(24)32/h2-11,16,18-19H,12-15H2,1H3/t18-,19+. The van der Waals surface area contributed by atoms with Crippen molar-refractivity contribution in [1.82, 2.24) is 28.9 Å². The van der Waals surface area contributed by atoms with Gasteiger partial charge in [-0.3, -0.25) is 9.78 Å². The summed E-state index contributed by atoms with van der Waals surface area (Å²) in [6.45, 7) is 4.91. The van der Waals surface area contributed by atoms with Crippen molar-refractivity contribution < 1.29 is 9.18 Å². The summed E-state index contributed by atoms with van der Waals surface area (Å²) >= 11 is 0. The number of nitrogens with zero attached hydrogens (tertiary/aromatic N) is 7. The summed E-state index contributed by atoms with van der Waals surface area (Å²) in [5, 5.41) is 4.69. The molecule has 1 amide bonds. The lowest BCUT2D eigenvalue weighted by Crippen LogP contribution is -2.34. The molecule has 8 nitrogen and oxygen atoms in total. The molecule has 2 atom stereocenters. The second-order valence-corrected chi connectivity index (χ2v) is 9.72. The lowest BCUT2D eigenvalue weighted by atomic mass is 10.0. The fourth-order valence-corrected chi connectivity index (χ4v) is 5.80. The Morgan fingerprint density at radius 1 is 0.972 bits per heavy atom. The maximum absolute atomic E-state index is 14.7. The van der Waals surface area contributed by atoms with Gasteiger partial charge in [-0.05, 0) is 43.3 Å². The van der Waals surface area contributed by atoms with Gasteiger partial charge in [-0.25, -0.2) is 13.9 Å². The van der Waals surface area contributed by atoms with Crippen molar-refractivity contribution in [2.45, 2.75) is 6.92 Å². The molecule has 0 saturated carbocycles. The van der Waals surface area contributed by atoms with Gasteiger partial charge in [-0.1, -0.05) is 6.07 Å². The molecule has 180 valence electrons. The van der Waals surface area contributed by atoms with Crippen LogP contribution in [0.2, 0.25) is 0 Å². The van der Waals surface area contributed by atoms with E-state index in [-0.39, 0.29) is 11.6 Å². The number of carbonyl (C=O) groups is 1. The van der Waals surface area contributed by atoms with E-state index >= 15 is 0 Å². The highest BCUT2D eigenvalue weighted by Crippen LogP contribution is 2.36. The third-order valence-corrected chi connectivity index (χ3v) is 7.53. The summed E-state index contributed by atoms with van der Waals surface area (Å²) in [5.41, 5.74) is 3.94. The lowest BCUT2D eigenvalue weighted by molar-refractivity contribution is 0.0785. The van der Waals surface area contributed by atoms with Crippen LogP contribution in [-0.4, -0.2) is 61.0 Å².